The molecule has 0 spiro atoms. The third-order valence-corrected chi connectivity index (χ3v) is 6.15. The van der Waals surface area contributed by atoms with Crippen LogP contribution in [0.3, 0.4) is 0 Å². The molecule has 0 saturated heterocycles. The summed E-state index contributed by atoms with van der Waals surface area (Å²) in [6.45, 7) is 4.14. The number of nitrogens with one attached hydrogen (secondary N) is 2. The Morgan fingerprint density at radius 2 is 1.85 bits per heavy atom. The molecule has 0 atom stereocenters. The van der Waals surface area contributed by atoms with Gasteiger partial charge in [0.25, 0.3) is 0 Å². The van der Waals surface area contributed by atoms with Gasteiger partial charge in [-0.2, -0.15) is 0 Å². The fraction of sp³-hybridized carbons (Fsp3) is 0.250. The molecule has 0 radical (unpaired) electrons. The van der Waals surface area contributed by atoms with E-state index in [0.717, 1.165) is 22.6 Å². The van der Waals surface area contributed by atoms with E-state index in [2.05, 4.69) is 20.8 Å². The zero-order chi connectivity index (χ0) is 24.1. The molecule has 34 heavy (non-hydrogen) atoms. The summed E-state index contributed by atoms with van der Waals surface area (Å²) in [6, 6.07) is 15.3. The van der Waals surface area contributed by atoms with E-state index in [9.17, 15) is 9.59 Å². The van der Waals surface area contributed by atoms with Crippen molar-refractivity contribution in [2.75, 3.05) is 26.0 Å². The minimum atomic E-state index is -0.454. The molecule has 0 unspecified atom stereocenters. The second-order valence-electron chi connectivity index (χ2n) is 7.48. The highest BCUT2D eigenvalue weighted by Gasteiger charge is 2.25. The molecule has 3 aromatic rings. The summed E-state index contributed by atoms with van der Waals surface area (Å²) in [7, 11) is 1.62. The second kappa shape index (κ2) is 10.4. The number of amides is 2. The molecule has 2 N–H and O–H groups in total. The van der Waals surface area contributed by atoms with E-state index in [1.807, 2.05) is 60.0 Å². The van der Waals surface area contributed by atoms with Gasteiger partial charge in [-0.25, -0.2) is 9.59 Å². The average molecular weight is 480 g/mol. The summed E-state index contributed by atoms with van der Waals surface area (Å²) in [5.74, 6) is 1.28. The number of carbonyl (C=O) groups is 2. The number of hydrogen-bond acceptors (Lipinski definition) is 7. The van der Waals surface area contributed by atoms with Gasteiger partial charge in [-0.3, -0.25) is 4.57 Å². The van der Waals surface area contributed by atoms with Gasteiger partial charge in [-0.1, -0.05) is 29.5 Å². The second-order valence-corrected chi connectivity index (χ2v) is 8.42. The van der Waals surface area contributed by atoms with Crippen molar-refractivity contribution in [1.82, 2.24) is 25.4 Å². The average Bonchev–Trinajstić information content (AvgIpc) is 3.27. The summed E-state index contributed by atoms with van der Waals surface area (Å²) in [4.78, 5) is 24.3. The number of nitrogens with zero attached hydrogens (tertiary/aromatic N) is 3. The van der Waals surface area contributed by atoms with Crippen molar-refractivity contribution in [3.63, 3.8) is 0 Å². The highest BCUT2D eigenvalue weighted by atomic mass is 32.2. The Bertz CT molecular complexity index is 1220. The minimum Gasteiger partial charge on any atom is -0.497 e. The number of carbonyl (C=O) groups excluding carboxylic acids is 2. The van der Waals surface area contributed by atoms with Crippen LogP contribution in [-0.4, -0.2) is 52.8 Å². The summed E-state index contributed by atoms with van der Waals surface area (Å²) in [5, 5.41) is 14.8. The van der Waals surface area contributed by atoms with Gasteiger partial charge in [-0.15, -0.1) is 10.2 Å². The van der Waals surface area contributed by atoms with E-state index in [4.69, 9.17) is 9.47 Å². The number of esters is 1. The zero-order valence-corrected chi connectivity index (χ0v) is 19.9. The molecule has 2 heterocycles. The Hall–Kier alpha value is -3.79. The van der Waals surface area contributed by atoms with Crippen molar-refractivity contribution in [3.8, 4) is 22.8 Å². The molecule has 1 aliphatic rings. The first-order valence-electron chi connectivity index (χ1n) is 10.7. The molecule has 0 aliphatic carbocycles. The first-order valence-corrected chi connectivity index (χ1v) is 11.7. The van der Waals surface area contributed by atoms with Crippen LogP contribution >= 0.6 is 11.8 Å². The Morgan fingerprint density at radius 3 is 2.53 bits per heavy atom. The number of urea groups is 1. The quantitative estimate of drug-likeness (QED) is 0.376. The summed E-state index contributed by atoms with van der Waals surface area (Å²) >= 11 is 1.37. The molecule has 2 amide bonds. The van der Waals surface area contributed by atoms with Crippen LogP contribution in [0, 0.1) is 6.92 Å². The van der Waals surface area contributed by atoms with Crippen LogP contribution in [-0.2, 0) is 9.53 Å². The SMILES string of the molecule is CCOC(=O)C1=C(CSc2nnc(-c3ccc(OC)cc3)n2-c2ccc(C)cc2)NC(=O)NC1. The lowest BCUT2D eigenvalue weighted by Crippen LogP contribution is -2.44. The van der Waals surface area contributed by atoms with E-state index in [1.54, 1.807) is 14.0 Å². The van der Waals surface area contributed by atoms with Crippen LogP contribution < -0.4 is 15.4 Å². The Balaban J connectivity index is 1.70. The largest absolute Gasteiger partial charge is 0.497 e. The third kappa shape index (κ3) is 5.07. The lowest BCUT2D eigenvalue weighted by molar-refractivity contribution is -0.138. The molecular formula is C24H25N5O4S. The van der Waals surface area contributed by atoms with E-state index < -0.39 is 5.97 Å². The summed E-state index contributed by atoms with van der Waals surface area (Å²) in [5.41, 5.74) is 3.81. The third-order valence-electron chi connectivity index (χ3n) is 5.20. The smallest absolute Gasteiger partial charge is 0.337 e. The highest BCUT2D eigenvalue weighted by Crippen LogP contribution is 2.30. The number of aromatic nitrogens is 3. The monoisotopic (exact) mass is 479 g/mol. The Labute approximate surface area is 201 Å². The van der Waals surface area contributed by atoms with Crippen molar-refractivity contribution >= 4 is 23.8 Å². The molecule has 2 aromatic carbocycles. The molecule has 10 heteroatoms. The summed E-state index contributed by atoms with van der Waals surface area (Å²) in [6.07, 6.45) is 0. The van der Waals surface area contributed by atoms with Gasteiger partial charge < -0.3 is 20.1 Å². The molecule has 1 aromatic heterocycles. The molecule has 4 rings (SSSR count). The topological polar surface area (TPSA) is 107 Å². The maximum absolute atomic E-state index is 12.4. The van der Waals surface area contributed by atoms with Crippen molar-refractivity contribution in [1.29, 1.82) is 0 Å². The molecule has 176 valence electrons. The number of benzene rings is 2. The van der Waals surface area contributed by atoms with Gasteiger partial charge in [0.1, 0.15) is 5.75 Å². The highest BCUT2D eigenvalue weighted by molar-refractivity contribution is 7.99. The number of methoxy groups -OCH3 is 1. The van der Waals surface area contributed by atoms with Crippen molar-refractivity contribution in [2.45, 2.75) is 19.0 Å². The normalized spacial score (nSPS) is 13.3. The van der Waals surface area contributed by atoms with Crippen LogP contribution in [0.1, 0.15) is 12.5 Å². The molecule has 0 bridgehead atoms. The van der Waals surface area contributed by atoms with Crippen LogP contribution in [0.25, 0.3) is 17.1 Å². The van der Waals surface area contributed by atoms with Gasteiger partial charge >= 0.3 is 12.0 Å². The van der Waals surface area contributed by atoms with Crippen LogP contribution in [0.2, 0.25) is 0 Å². The fourth-order valence-corrected chi connectivity index (χ4v) is 4.36. The van der Waals surface area contributed by atoms with E-state index >= 15 is 0 Å². The maximum atomic E-state index is 12.4. The molecule has 0 saturated carbocycles. The number of rotatable bonds is 8. The van der Waals surface area contributed by atoms with Gasteiger partial charge in [-0.05, 0) is 50.2 Å². The van der Waals surface area contributed by atoms with E-state index in [-0.39, 0.29) is 19.2 Å². The minimum absolute atomic E-state index is 0.113. The van der Waals surface area contributed by atoms with Crippen LogP contribution in [0.4, 0.5) is 4.79 Å². The Kier molecular flexibility index (Phi) is 7.17. The van der Waals surface area contributed by atoms with Crippen molar-refractivity contribution in [2.24, 2.45) is 0 Å². The maximum Gasteiger partial charge on any atom is 0.337 e. The number of aryl methyl sites for hydroxylation is 1. The Morgan fingerprint density at radius 1 is 1.12 bits per heavy atom. The van der Waals surface area contributed by atoms with Gasteiger partial charge in [0.2, 0.25) is 0 Å². The van der Waals surface area contributed by atoms with E-state index in [1.165, 1.54) is 11.8 Å². The number of ether oxygens (including phenoxy) is 2. The van der Waals surface area contributed by atoms with Crippen molar-refractivity contribution < 1.29 is 19.1 Å². The van der Waals surface area contributed by atoms with Crippen LogP contribution in [0.5, 0.6) is 5.75 Å². The first-order chi connectivity index (χ1) is 16.5. The standard InChI is InChI=1S/C24H25N5O4S/c1-4-33-22(30)19-13-25-23(31)26-20(19)14-34-24-28-27-21(16-7-11-18(32-3)12-8-16)29(24)17-9-5-15(2)6-10-17/h5-12H,4,13-14H2,1-3H3,(H2,25,26,31). The first kappa shape index (κ1) is 23.4. The van der Waals surface area contributed by atoms with Gasteiger partial charge in [0, 0.05) is 22.7 Å². The predicted molar refractivity (Wildman–Crippen MR) is 129 cm³/mol. The summed E-state index contributed by atoms with van der Waals surface area (Å²) < 4.78 is 12.4. The number of hydrogen-bond donors (Lipinski definition) is 2. The van der Waals surface area contributed by atoms with Crippen LogP contribution in [0.15, 0.2) is 65.0 Å². The molecular weight excluding hydrogens is 454 g/mol. The number of thioether (sulfide) groups is 1. The lowest BCUT2D eigenvalue weighted by atomic mass is 10.2. The van der Waals surface area contributed by atoms with Gasteiger partial charge in [0.05, 0.1) is 25.8 Å². The van der Waals surface area contributed by atoms with Gasteiger partial charge in [0.15, 0.2) is 11.0 Å². The van der Waals surface area contributed by atoms with E-state index in [0.29, 0.717) is 28.0 Å². The van der Waals surface area contributed by atoms with Crippen molar-refractivity contribution in [3.05, 3.63) is 65.4 Å². The zero-order valence-electron chi connectivity index (χ0n) is 19.1. The molecule has 0 fully saturated rings. The lowest BCUT2D eigenvalue weighted by Gasteiger charge is -2.21. The fourth-order valence-electron chi connectivity index (χ4n) is 3.42. The predicted octanol–water partition coefficient (Wildman–Crippen LogP) is 3.47. The molecule has 1 aliphatic heterocycles. The molecule has 9 nitrogen and oxygen atoms in total.